The lowest BCUT2D eigenvalue weighted by Gasteiger charge is -2.21. The van der Waals surface area contributed by atoms with Crippen LogP contribution in [0.2, 0.25) is 0 Å². The minimum absolute atomic E-state index is 0.619. The molecule has 0 bridgehead atoms. The average Bonchev–Trinajstić information content (AvgIpc) is 2.39. The molecule has 1 atom stereocenters. The molecule has 0 saturated heterocycles. The van der Waals surface area contributed by atoms with Crippen LogP contribution in [0.25, 0.3) is 16.8 Å². The molecule has 0 aliphatic heterocycles. The van der Waals surface area contributed by atoms with Gasteiger partial charge in [-0.3, -0.25) is 0 Å². The predicted molar refractivity (Wildman–Crippen MR) is 75.2 cm³/mol. The summed E-state index contributed by atoms with van der Waals surface area (Å²) in [6.07, 6.45) is 8.55. The van der Waals surface area contributed by atoms with Gasteiger partial charge in [0.05, 0.1) is 0 Å². The van der Waals surface area contributed by atoms with Crippen LogP contribution in [0.3, 0.4) is 0 Å². The Labute approximate surface area is 103 Å². The molecular formula is C17H18. The smallest absolute Gasteiger partial charge is 0.00276 e. The minimum Gasteiger partial charge on any atom is -0.0764 e. The molecule has 2 aromatic rings. The Bertz CT molecular complexity index is 558. The van der Waals surface area contributed by atoms with Gasteiger partial charge in [0, 0.05) is 5.92 Å². The van der Waals surface area contributed by atoms with Gasteiger partial charge in [0.1, 0.15) is 0 Å². The first-order valence-electron chi connectivity index (χ1n) is 6.60. The highest BCUT2D eigenvalue weighted by Crippen LogP contribution is 2.36. The fourth-order valence-electron chi connectivity index (χ4n) is 2.85. The maximum absolute atomic E-state index is 2.38. The molecule has 1 unspecified atom stereocenters. The molecule has 0 fully saturated rings. The Hall–Kier alpha value is -1.56. The maximum Gasteiger partial charge on any atom is 0.00276 e. The zero-order chi connectivity index (χ0) is 11.7. The van der Waals surface area contributed by atoms with Gasteiger partial charge in [-0.15, -0.1) is 0 Å². The van der Waals surface area contributed by atoms with E-state index in [1.807, 2.05) is 0 Å². The molecule has 1 aliphatic carbocycles. The van der Waals surface area contributed by atoms with E-state index in [0.717, 1.165) is 0 Å². The molecule has 86 valence electrons. The first kappa shape index (κ1) is 10.6. The minimum atomic E-state index is 0.619. The van der Waals surface area contributed by atoms with Gasteiger partial charge in [0.15, 0.2) is 0 Å². The zero-order valence-corrected chi connectivity index (χ0v) is 10.3. The topological polar surface area (TPSA) is 0 Å². The van der Waals surface area contributed by atoms with Gasteiger partial charge in [-0.2, -0.15) is 0 Å². The molecule has 0 amide bonds. The van der Waals surface area contributed by atoms with Crippen molar-refractivity contribution in [2.24, 2.45) is 0 Å². The van der Waals surface area contributed by atoms with Gasteiger partial charge in [-0.1, -0.05) is 68.3 Å². The molecule has 17 heavy (non-hydrogen) atoms. The SMILES string of the molecule is CCCCC1C=Cc2cccc3cccc1c23. The Morgan fingerprint density at radius 3 is 2.71 bits per heavy atom. The van der Waals surface area contributed by atoms with E-state index in [2.05, 4.69) is 55.5 Å². The second kappa shape index (κ2) is 4.37. The summed E-state index contributed by atoms with van der Waals surface area (Å²) in [7, 11) is 0. The average molecular weight is 222 g/mol. The normalized spacial score (nSPS) is 17.6. The highest BCUT2D eigenvalue weighted by Gasteiger charge is 2.16. The van der Waals surface area contributed by atoms with Crippen LogP contribution < -0.4 is 0 Å². The highest BCUT2D eigenvalue weighted by molar-refractivity contribution is 5.95. The summed E-state index contributed by atoms with van der Waals surface area (Å²) in [6, 6.07) is 13.3. The molecular weight excluding hydrogens is 204 g/mol. The number of rotatable bonds is 3. The van der Waals surface area contributed by atoms with Gasteiger partial charge in [0.2, 0.25) is 0 Å². The van der Waals surface area contributed by atoms with Crippen LogP contribution >= 0.6 is 0 Å². The molecule has 0 nitrogen and oxygen atoms in total. The van der Waals surface area contributed by atoms with E-state index >= 15 is 0 Å². The summed E-state index contributed by atoms with van der Waals surface area (Å²) in [5.41, 5.74) is 2.90. The van der Waals surface area contributed by atoms with Gasteiger partial charge in [-0.25, -0.2) is 0 Å². The van der Waals surface area contributed by atoms with Crippen LogP contribution in [-0.4, -0.2) is 0 Å². The lowest BCUT2D eigenvalue weighted by molar-refractivity contribution is 0.667. The second-order valence-corrected chi connectivity index (χ2v) is 4.90. The molecule has 3 rings (SSSR count). The molecule has 0 spiro atoms. The van der Waals surface area contributed by atoms with Crippen molar-refractivity contribution in [2.75, 3.05) is 0 Å². The molecule has 0 heterocycles. The lowest BCUT2D eigenvalue weighted by atomic mass is 9.83. The van der Waals surface area contributed by atoms with Gasteiger partial charge >= 0.3 is 0 Å². The summed E-state index contributed by atoms with van der Waals surface area (Å²) in [6.45, 7) is 2.26. The molecule has 1 aliphatic rings. The monoisotopic (exact) mass is 222 g/mol. The molecule has 0 saturated carbocycles. The summed E-state index contributed by atoms with van der Waals surface area (Å²) in [4.78, 5) is 0. The predicted octanol–water partition coefficient (Wildman–Crippen LogP) is 5.14. The number of allylic oxidation sites excluding steroid dienone is 1. The maximum atomic E-state index is 2.38. The molecule has 2 aromatic carbocycles. The highest BCUT2D eigenvalue weighted by atomic mass is 14.2. The number of hydrogen-bond donors (Lipinski definition) is 0. The van der Waals surface area contributed by atoms with Crippen LogP contribution in [0.15, 0.2) is 42.5 Å². The van der Waals surface area contributed by atoms with E-state index in [0.29, 0.717) is 5.92 Å². The van der Waals surface area contributed by atoms with Crippen molar-refractivity contribution in [1.82, 2.24) is 0 Å². The van der Waals surface area contributed by atoms with Crippen molar-refractivity contribution < 1.29 is 0 Å². The van der Waals surface area contributed by atoms with Crippen molar-refractivity contribution in [3.8, 4) is 0 Å². The number of benzene rings is 2. The first-order valence-corrected chi connectivity index (χ1v) is 6.60. The third kappa shape index (κ3) is 1.78. The molecule has 0 heteroatoms. The number of unbranched alkanes of at least 4 members (excludes halogenated alkanes) is 1. The van der Waals surface area contributed by atoms with Gasteiger partial charge in [0.25, 0.3) is 0 Å². The summed E-state index contributed by atoms with van der Waals surface area (Å²) < 4.78 is 0. The van der Waals surface area contributed by atoms with Crippen molar-refractivity contribution in [2.45, 2.75) is 32.1 Å². The standard InChI is InChI=1S/C17H18/c1-2-3-6-13-11-12-15-8-4-7-14-9-5-10-16(13)17(14)15/h4-5,7-13H,2-3,6H2,1H3. The lowest BCUT2D eigenvalue weighted by Crippen LogP contribution is -2.01. The van der Waals surface area contributed by atoms with Crippen LogP contribution in [0.4, 0.5) is 0 Å². The first-order chi connectivity index (χ1) is 8.40. The fourth-order valence-corrected chi connectivity index (χ4v) is 2.85. The van der Waals surface area contributed by atoms with Crippen LogP contribution in [0.5, 0.6) is 0 Å². The summed E-state index contributed by atoms with van der Waals surface area (Å²) in [5.74, 6) is 0.619. The fraction of sp³-hybridized carbons (Fsp3) is 0.294. The van der Waals surface area contributed by atoms with E-state index in [1.54, 1.807) is 0 Å². The van der Waals surface area contributed by atoms with Crippen LogP contribution in [0.1, 0.15) is 43.2 Å². The summed E-state index contributed by atoms with van der Waals surface area (Å²) in [5, 5.41) is 2.85. The Kier molecular flexibility index (Phi) is 2.72. The van der Waals surface area contributed by atoms with Crippen molar-refractivity contribution in [3.63, 3.8) is 0 Å². The van der Waals surface area contributed by atoms with Crippen LogP contribution in [0, 0.1) is 0 Å². The molecule has 0 N–H and O–H groups in total. The van der Waals surface area contributed by atoms with E-state index in [9.17, 15) is 0 Å². The largest absolute Gasteiger partial charge is 0.0764 e. The van der Waals surface area contributed by atoms with Crippen LogP contribution in [-0.2, 0) is 0 Å². The zero-order valence-electron chi connectivity index (χ0n) is 10.3. The van der Waals surface area contributed by atoms with Crippen molar-refractivity contribution >= 4 is 16.8 Å². The quantitative estimate of drug-likeness (QED) is 0.674. The van der Waals surface area contributed by atoms with E-state index < -0.39 is 0 Å². The second-order valence-electron chi connectivity index (χ2n) is 4.90. The summed E-state index contributed by atoms with van der Waals surface area (Å²) >= 11 is 0. The third-order valence-electron chi connectivity index (χ3n) is 3.75. The third-order valence-corrected chi connectivity index (χ3v) is 3.75. The van der Waals surface area contributed by atoms with Crippen molar-refractivity contribution in [1.29, 1.82) is 0 Å². The Morgan fingerprint density at radius 1 is 1.06 bits per heavy atom. The Morgan fingerprint density at radius 2 is 1.88 bits per heavy atom. The van der Waals surface area contributed by atoms with E-state index in [1.165, 1.54) is 41.2 Å². The Balaban J connectivity index is 2.13. The van der Waals surface area contributed by atoms with Gasteiger partial charge < -0.3 is 0 Å². The van der Waals surface area contributed by atoms with Gasteiger partial charge in [-0.05, 0) is 28.3 Å². The van der Waals surface area contributed by atoms with E-state index in [-0.39, 0.29) is 0 Å². The molecule has 0 radical (unpaired) electrons. The van der Waals surface area contributed by atoms with E-state index in [4.69, 9.17) is 0 Å². The van der Waals surface area contributed by atoms with Crippen molar-refractivity contribution in [3.05, 3.63) is 53.6 Å². The molecule has 0 aromatic heterocycles. The number of hydrogen-bond acceptors (Lipinski definition) is 0.